The molecule has 0 amide bonds. The third-order valence-corrected chi connectivity index (χ3v) is 5.90. The van der Waals surface area contributed by atoms with Crippen molar-refractivity contribution >= 4 is 22.5 Å². The van der Waals surface area contributed by atoms with Gasteiger partial charge in [0.05, 0.1) is 5.39 Å². The van der Waals surface area contributed by atoms with Crippen LogP contribution in [0, 0.1) is 0 Å². The smallest absolute Gasteiger partial charge is 0.285 e. The van der Waals surface area contributed by atoms with Gasteiger partial charge in [0.25, 0.3) is 5.56 Å². The van der Waals surface area contributed by atoms with Crippen molar-refractivity contribution in [3.05, 3.63) is 46.8 Å². The summed E-state index contributed by atoms with van der Waals surface area (Å²) >= 11 is 0. The molecule has 156 valence electrons. The minimum Gasteiger partial charge on any atom is -0.405 e. The van der Waals surface area contributed by atoms with Crippen molar-refractivity contribution in [1.82, 2.24) is 20.0 Å². The van der Waals surface area contributed by atoms with Gasteiger partial charge in [0.2, 0.25) is 0 Å². The summed E-state index contributed by atoms with van der Waals surface area (Å²) in [6.45, 7) is 3.96. The van der Waals surface area contributed by atoms with Crippen LogP contribution in [0.15, 0.2) is 41.2 Å². The topological polar surface area (TPSA) is 98.3 Å². The number of fused-ring (bicyclic) bond motifs is 1. The lowest BCUT2D eigenvalue weighted by atomic mass is 10.1. The van der Waals surface area contributed by atoms with Crippen LogP contribution >= 0.6 is 0 Å². The standard InChI is InChI=1S/C22H26N6O2/c23-20-18-9-10-19(29)28(30-17-3-1-2-4-17)22(18)26-21(25-20)15-5-7-16(8-6-15)27-13-11-24-12-14-27/h5-10,17,24H,1-4,11-14H2,(H2,23,25,26). The van der Waals surface area contributed by atoms with Crippen LogP contribution < -0.4 is 26.3 Å². The summed E-state index contributed by atoms with van der Waals surface area (Å²) in [5, 5.41) is 3.98. The summed E-state index contributed by atoms with van der Waals surface area (Å²) < 4.78 is 1.29. The third-order valence-electron chi connectivity index (χ3n) is 5.90. The van der Waals surface area contributed by atoms with Crippen molar-refractivity contribution in [2.24, 2.45) is 0 Å². The Labute approximate surface area is 174 Å². The van der Waals surface area contributed by atoms with Gasteiger partial charge < -0.3 is 20.8 Å². The number of hydrogen-bond donors (Lipinski definition) is 2. The molecule has 3 aromatic rings. The number of nitrogen functional groups attached to an aromatic ring is 1. The van der Waals surface area contributed by atoms with E-state index in [0.717, 1.165) is 57.4 Å². The quantitative estimate of drug-likeness (QED) is 0.682. The summed E-state index contributed by atoms with van der Waals surface area (Å²) in [4.78, 5) is 30.0. The summed E-state index contributed by atoms with van der Waals surface area (Å²) in [6.07, 6.45) is 4.16. The number of piperazine rings is 1. The molecule has 8 heteroatoms. The number of nitrogens with one attached hydrogen (secondary N) is 1. The predicted octanol–water partition coefficient (Wildman–Crippen LogP) is 1.82. The number of nitrogens with two attached hydrogens (primary N) is 1. The van der Waals surface area contributed by atoms with Crippen LogP contribution in [0.25, 0.3) is 22.4 Å². The molecule has 2 fully saturated rings. The monoisotopic (exact) mass is 406 g/mol. The summed E-state index contributed by atoms with van der Waals surface area (Å²) in [7, 11) is 0. The first-order valence-electron chi connectivity index (χ1n) is 10.6. The molecule has 1 aromatic carbocycles. The van der Waals surface area contributed by atoms with E-state index in [9.17, 15) is 4.79 Å². The molecule has 1 aliphatic heterocycles. The fourth-order valence-corrected chi connectivity index (χ4v) is 4.23. The second-order valence-corrected chi connectivity index (χ2v) is 7.93. The zero-order chi connectivity index (χ0) is 20.5. The molecule has 0 spiro atoms. The Hall–Kier alpha value is -3.13. The molecule has 3 N–H and O–H groups in total. The zero-order valence-electron chi connectivity index (χ0n) is 16.9. The number of aromatic nitrogens is 3. The van der Waals surface area contributed by atoms with Gasteiger partial charge in [-0.15, -0.1) is 4.73 Å². The van der Waals surface area contributed by atoms with Crippen molar-refractivity contribution < 1.29 is 4.84 Å². The van der Waals surface area contributed by atoms with E-state index in [1.807, 2.05) is 12.1 Å². The van der Waals surface area contributed by atoms with E-state index in [1.165, 1.54) is 16.5 Å². The average molecular weight is 406 g/mol. The summed E-state index contributed by atoms with van der Waals surface area (Å²) in [5.74, 6) is 0.825. The lowest BCUT2D eigenvalue weighted by Crippen LogP contribution is -2.43. The van der Waals surface area contributed by atoms with E-state index in [0.29, 0.717) is 22.7 Å². The zero-order valence-corrected chi connectivity index (χ0v) is 16.9. The Bertz CT molecular complexity index is 1100. The van der Waals surface area contributed by atoms with Crippen molar-refractivity contribution in [2.75, 3.05) is 36.8 Å². The molecule has 5 rings (SSSR count). The van der Waals surface area contributed by atoms with Crippen LogP contribution in [0.1, 0.15) is 25.7 Å². The maximum atomic E-state index is 12.5. The highest BCUT2D eigenvalue weighted by molar-refractivity contribution is 5.87. The first kappa shape index (κ1) is 18.9. The van der Waals surface area contributed by atoms with Gasteiger partial charge in [-0.3, -0.25) is 4.79 Å². The average Bonchev–Trinajstić information content (AvgIpc) is 3.30. The van der Waals surface area contributed by atoms with Gasteiger partial charge in [-0.05, 0) is 56.0 Å². The van der Waals surface area contributed by atoms with Crippen molar-refractivity contribution in [3.8, 4) is 11.4 Å². The Morgan fingerprint density at radius 1 is 1.00 bits per heavy atom. The molecule has 2 aromatic heterocycles. The number of hydrogen-bond acceptors (Lipinski definition) is 7. The predicted molar refractivity (Wildman–Crippen MR) is 118 cm³/mol. The van der Waals surface area contributed by atoms with Gasteiger partial charge in [0.1, 0.15) is 11.9 Å². The highest BCUT2D eigenvalue weighted by Crippen LogP contribution is 2.25. The van der Waals surface area contributed by atoms with E-state index in [-0.39, 0.29) is 11.7 Å². The van der Waals surface area contributed by atoms with E-state index in [4.69, 9.17) is 10.6 Å². The Balaban J connectivity index is 1.52. The van der Waals surface area contributed by atoms with Crippen LogP contribution in [0.4, 0.5) is 11.5 Å². The summed E-state index contributed by atoms with van der Waals surface area (Å²) in [6, 6.07) is 11.3. The van der Waals surface area contributed by atoms with Crippen molar-refractivity contribution in [3.63, 3.8) is 0 Å². The lowest BCUT2D eigenvalue weighted by Gasteiger charge is -2.29. The Morgan fingerprint density at radius 2 is 1.73 bits per heavy atom. The largest absolute Gasteiger partial charge is 0.405 e. The van der Waals surface area contributed by atoms with Gasteiger partial charge in [-0.2, -0.15) is 0 Å². The molecule has 1 aliphatic carbocycles. The normalized spacial score (nSPS) is 17.5. The minimum atomic E-state index is -0.243. The van der Waals surface area contributed by atoms with Gasteiger partial charge in [0.15, 0.2) is 11.5 Å². The molecular weight excluding hydrogens is 380 g/mol. The highest BCUT2D eigenvalue weighted by atomic mass is 16.7. The number of rotatable bonds is 4. The van der Waals surface area contributed by atoms with Crippen LogP contribution in [-0.2, 0) is 0 Å². The fourth-order valence-electron chi connectivity index (χ4n) is 4.23. The fraction of sp³-hybridized carbons (Fsp3) is 0.409. The lowest BCUT2D eigenvalue weighted by molar-refractivity contribution is 0.0422. The van der Waals surface area contributed by atoms with E-state index in [2.05, 4.69) is 32.3 Å². The molecular formula is C22H26N6O2. The minimum absolute atomic E-state index is 0.0336. The molecule has 0 radical (unpaired) electrons. The number of pyridine rings is 1. The van der Waals surface area contributed by atoms with Gasteiger partial charge >= 0.3 is 0 Å². The molecule has 1 saturated heterocycles. The van der Waals surface area contributed by atoms with Crippen LogP contribution in [0.3, 0.4) is 0 Å². The van der Waals surface area contributed by atoms with E-state index in [1.54, 1.807) is 6.07 Å². The second-order valence-electron chi connectivity index (χ2n) is 7.93. The highest BCUT2D eigenvalue weighted by Gasteiger charge is 2.20. The van der Waals surface area contributed by atoms with Crippen LogP contribution in [0.5, 0.6) is 0 Å². The van der Waals surface area contributed by atoms with Gasteiger partial charge in [-0.25, -0.2) is 9.97 Å². The molecule has 0 atom stereocenters. The number of benzene rings is 1. The Kier molecular flexibility index (Phi) is 5.00. The van der Waals surface area contributed by atoms with E-state index >= 15 is 0 Å². The first-order chi connectivity index (χ1) is 14.7. The maximum Gasteiger partial charge on any atom is 0.285 e. The van der Waals surface area contributed by atoms with Crippen LogP contribution in [0.2, 0.25) is 0 Å². The Morgan fingerprint density at radius 3 is 2.47 bits per heavy atom. The van der Waals surface area contributed by atoms with Gasteiger partial charge in [-0.1, -0.05) is 0 Å². The summed E-state index contributed by atoms with van der Waals surface area (Å²) in [5.41, 5.74) is 8.44. The number of nitrogens with zero attached hydrogens (tertiary/aromatic N) is 4. The number of anilines is 2. The third kappa shape index (κ3) is 3.59. The molecule has 3 heterocycles. The molecule has 2 aliphatic rings. The molecule has 8 nitrogen and oxygen atoms in total. The molecule has 0 unspecified atom stereocenters. The molecule has 30 heavy (non-hydrogen) atoms. The van der Waals surface area contributed by atoms with Gasteiger partial charge in [0, 0.05) is 43.5 Å². The van der Waals surface area contributed by atoms with Crippen molar-refractivity contribution in [1.29, 1.82) is 0 Å². The SMILES string of the molecule is Nc1nc(-c2ccc(N3CCNCC3)cc2)nc2c1ccc(=O)n2OC1CCCC1. The van der Waals surface area contributed by atoms with Crippen molar-refractivity contribution in [2.45, 2.75) is 31.8 Å². The van der Waals surface area contributed by atoms with E-state index < -0.39 is 0 Å². The molecule has 0 bridgehead atoms. The van der Waals surface area contributed by atoms with Crippen LogP contribution in [-0.4, -0.2) is 47.0 Å². The second kappa shape index (κ2) is 7.95. The molecule has 1 saturated carbocycles. The maximum absolute atomic E-state index is 12.5. The first-order valence-corrected chi connectivity index (χ1v) is 10.6.